The fraction of sp³-hybridized carbons (Fsp3) is 0.667. The maximum atomic E-state index is 5.50. The molecule has 0 aromatic carbocycles. The van der Waals surface area contributed by atoms with Crippen LogP contribution in [0.15, 0.2) is 12.4 Å². The van der Waals surface area contributed by atoms with Crippen molar-refractivity contribution in [3.63, 3.8) is 0 Å². The predicted molar refractivity (Wildman–Crippen MR) is 63.6 cm³/mol. The van der Waals surface area contributed by atoms with Crippen LogP contribution >= 0.6 is 0 Å². The minimum absolute atomic E-state index is 0.147. The van der Waals surface area contributed by atoms with Gasteiger partial charge in [-0.15, -0.1) is 0 Å². The molecule has 1 aliphatic rings. The maximum Gasteiger partial charge on any atom is 0.218 e. The topological polar surface area (TPSA) is 47.0 Å². The first-order chi connectivity index (χ1) is 7.74. The van der Waals surface area contributed by atoms with Crippen molar-refractivity contribution in [3.05, 3.63) is 12.4 Å². The molecule has 0 aliphatic heterocycles. The number of anilines is 1. The monoisotopic (exact) mass is 221 g/mol. The summed E-state index contributed by atoms with van der Waals surface area (Å²) >= 11 is 0. The van der Waals surface area contributed by atoms with Gasteiger partial charge in [0.05, 0.1) is 6.10 Å². The van der Waals surface area contributed by atoms with Gasteiger partial charge in [-0.05, 0) is 26.2 Å². The van der Waals surface area contributed by atoms with Gasteiger partial charge in [-0.3, -0.25) is 0 Å². The second kappa shape index (κ2) is 5.14. The van der Waals surface area contributed by atoms with E-state index in [0.717, 1.165) is 18.3 Å². The Hall–Kier alpha value is -1.32. The average molecular weight is 221 g/mol. The standard InChI is InChI=1S/C12H19N3O/c1-9(2)16-12-7-11(14-8-15-12)13-6-5-10-3-4-10/h7-10H,3-6H2,1-2H3,(H,13,14,15). The van der Waals surface area contributed by atoms with E-state index < -0.39 is 0 Å². The van der Waals surface area contributed by atoms with Crippen LogP contribution in [0.5, 0.6) is 5.88 Å². The summed E-state index contributed by atoms with van der Waals surface area (Å²) in [6, 6.07) is 1.85. The van der Waals surface area contributed by atoms with Crippen molar-refractivity contribution in [1.29, 1.82) is 0 Å². The number of aromatic nitrogens is 2. The van der Waals surface area contributed by atoms with Crippen molar-refractivity contribution in [2.75, 3.05) is 11.9 Å². The Kier molecular flexibility index (Phi) is 3.59. The molecule has 88 valence electrons. The van der Waals surface area contributed by atoms with E-state index in [0.29, 0.717) is 5.88 Å². The van der Waals surface area contributed by atoms with E-state index in [-0.39, 0.29) is 6.10 Å². The van der Waals surface area contributed by atoms with Crippen molar-refractivity contribution in [2.45, 2.75) is 39.2 Å². The van der Waals surface area contributed by atoms with E-state index in [1.807, 2.05) is 19.9 Å². The molecule has 1 fully saturated rings. The molecule has 1 aromatic rings. The van der Waals surface area contributed by atoms with Gasteiger partial charge in [0.2, 0.25) is 5.88 Å². The third-order valence-corrected chi connectivity index (χ3v) is 2.55. The number of hydrogen-bond acceptors (Lipinski definition) is 4. The Labute approximate surface area is 96.4 Å². The summed E-state index contributed by atoms with van der Waals surface area (Å²) in [6.07, 6.45) is 5.72. The number of nitrogens with one attached hydrogen (secondary N) is 1. The average Bonchev–Trinajstić information content (AvgIpc) is 3.01. The quantitative estimate of drug-likeness (QED) is 0.801. The molecule has 4 nitrogen and oxygen atoms in total. The Morgan fingerprint density at radius 1 is 1.44 bits per heavy atom. The van der Waals surface area contributed by atoms with E-state index in [9.17, 15) is 0 Å². The molecule has 16 heavy (non-hydrogen) atoms. The van der Waals surface area contributed by atoms with Crippen LogP contribution < -0.4 is 10.1 Å². The maximum absolute atomic E-state index is 5.50. The van der Waals surface area contributed by atoms with Gasteiger partial charge in [-0.1, -0.05) is 12.8 Å². The van der Waals surface area contributed by atoms with Gasteiger partial charge < -0.3 is 10.1 Å². The fourth-order valence-corrected chi connectivity index (χ4v) is 1.55. The summed E-state index contributed by atoms with van der Waals surface area (Å²) in [6.45, 7) is 4.97. The molecule has 0 spiro atoms. The van der Waals surface area contributed by atoms with Gasteiger partial charge >= 0.3 is 0 Å². The first kappa shape index (κ1) is 11.2. The summed E-state index contributed by atoms with van der Waals surface area (Å²) in [5.41, 5.74) is 0. The minimum Gasteiger partial charge on any atom is -0.475 e. The van der Waals surface area contributed by atoms with Crippen molar-refractivity contribution >= 4 is 5.82 Å². The predicted octanol–water partition coefficient (Wildman–Crippen LogP) is 2.48. The molecule has 2 rings (SSSR count). The number of hydrogen-bond donors (Lipinski definition) is 1. The SMILES string of the molecule is CC(C)Oc1cc(NCCC2CC2)ncn1. The number of nitrogens with zero attached hydrogens (tertiary/aromatic N) is 2. The van der Waals surface area contributed by atoms with Gasteiger partial charge in [0.25, 0.3) is 0 Å². The second-order valence-electron chi connectivity index (χ2n) is 4.57. The lowest BCUT2D eigenvalue weighted by Gasteiger charge is -2.09. The highest BCUT2D eigenvalue weighted by molar-refractivity contribution is 5.36. The van der Waals surface area contributed by atoms with Crippen LogP contribution in [0.25, 0.3) is 0 Å². The Morgan fingerprint density at radius 2 is 2.25 bits per heavy atom. The first-order valence-electron chi connectivity index (χ1n) is 5.96. The Bertz CT molecular complexity index is 337. The minimum atomic E-state index is 0.147. The van der Waals surface area contributed by atoms with E-state index in [1.54, 1.807) is 0 Å². The zero-order valence-electron chi connectivity index (χ0n) is 9.94. The van der Waals surface area contributed by atoms with E-state index in [1.165, 1.54) is 25.6 Å². The van der Waals surface area contributed by atoms with Crippen LogP contribution in [0.3, 0.4) is 0 Å². The molecular formula is C12H19N3O. The second-order valence-corrected chi connectivity index (χ2v) is 4.57. The van der Waals surface area contributed by atoms with Crippen molar-refractivity contribution in [1.82, 2.24) is 9.97 Å². The van der Waals surface area contributed by atoms with E-state index >= 15 is 0 Å². The lowest BCUT2D eigenvalue weighted by atomic mass is 10.3. The van der Waals surface area contributed by atoms with Crippen LogP contribution in [0, 0.1) is 5.92 Å². The van der Waals surface area contributed by atoms with Crippen molar-refractivity contribution < 1.29 is 4.74 Å². The van der Waals surface area contributed by atoms with Crippen LogP contribution in [-0.4, -0.2) is 22.6 Å². The van der Waals surface area contributed by atoms with E-state index in [2.05, 4.69) is 15.3 Å². The summed E-state index contributed by atoms with van der Waals surface area (Å²) in [7, 11) is 0. The summed E-state index contributed by atoms with van der Waals surface area (Å²) in [5, 5.41) is 3.30. The lowest BCUT2D eigenvalue weighted by molar-refractivity contribution is 0.232. The van der Waals surface area contributed by atoms with Crippen molar-refractivity contribution in [2.24, 2.45) is 5.92 Å². The Balaban J connectivity index is 1.82. The Morgan fingerprint density at radius 3 is 2.94 bits per heavy atom. The molecule has 0 amide bonds. The molecule has 0 unspecified atom stereocenters. The smallest absolute Gasteiger partial charge is 0.218 e. The molecular weight excluding hydrogens is 202 g/mol. The van der Waals surface area contributed by atoms with Crippen molar-refractivity contribution in [3.8, 4) is 5.88 Å². The molecule has 1 aliphatic carbocycles. The zero-order valence-corrected chi connectivity index (χ0v) is 9.94. The highest BCUT2D eigenvalue weighted by Crippen LogP contribution is 2.32. The molecule has 4 heteroatoms. The van der Waals surface area contributed by atoms with E-state index in [4.69, 9.17) is 4.74 Å². The zero-order chi connectivity index (χ0) is 11.4. The number of rotatable bonds is 6. The summed E-state index contributed by atoms with van der Waals surface area (Å²) < 4.78 is 5.50. The highest BCUT2D eigenvalue weighted by Gasteiger charge is 2.20. The van der Waals surface area contributed by atoms with Gasteiger partial charge in [-0.25, -0.2) is 9.97 Å². The fourth-order valence-electron chi connectivity index (χ4n) is 1.55. The van der Waals surface area contributed by atoms with Gasteiger partial charge in [0, 0.05) is 12.6 Å². The molecule has 1 heterocycles. The largest absolute Gasteiger partial charge is 0.475 e. The molecule has 1 aromatic heterocycles. The number of ether oxygens (including phenoxy) is 1. The van der Waals surface area contributed by atoms with Gasteiger partial charge in [-0.2, -0.15) is 0 Å². The van der Waals surface area contributed by atoms with Crippen LogP contribution in [0.1, 0.15) is 33.1 Å². The lowest BCUT2D eigenvalue weighted by Crippen LogP contribution is -2.09. The normalized spacial score (nSPS) is 15.2. The van der Waals surface area contributed by atoms with Gasteiger partial charge in [0.1, 0.15) is 12.1 Å². The van der Waals surface area contributed by atoms with Crippen LogP contribution in [0.2, 0.25) is 0 Å². The first-order valence-corrected chi connectivity index (χ1v) is 5.96. The third-order valence-electron chi connectivity index (χ3n) is 2.55. The third kappa shape index (κ3) is 3.68. The summed E-state index contributed by atoms with van der Waals surface area (Å²) in [5.74, 6) is 2.44. The molecule has 1 N–H and O–H groups in total. The van der Waals surface area contributed by atoms with Crippen LogP contribution in [0.4, 0.5) is 5.82 Å². The molecule has 0 atom stereocenters. The summed E-state index contributed by atoms with van der Waals surface area (Å²) in [4.78, 5) is 8.22. The highest BCUT2D eigenvalue weighted by atomic mass is 16.5. The van der Waals surface area contributed by atoms with Crippen LogP contribution in [-0.2, 0) is 0 Å². The molecule has 0 radical (unpaired) electrons. The molecule has 0 bridgehead atoms. The molecule has 1 saturated carbocycles. The van der Waals surface area contributed by atoms with Gasteiger partial charge in [0.15, 0.2) is 0 Å². The molecule has 0 saturated heterocycles.